The van der Waals surface area contributed by atoms with Crippen molar-refractivity contribution in [3.05, 3.63) is 51.1 Å². The van der Waals surface area contributed by atoms with Crippen molar-refractivity contribution in [1.82, 2.24) is 4.98 Å². The van der Waals surface area contributed by atoms with Crippen LogP contribution in [0.15, 0.2) is 30.3 Å². The molecule has 2 nitrogen and oxygen atoms in total. The summed E-state index contributed by atoms with van der Waals surface area (Å²) in [6, 6.07) is 8.51. The van der Waals surface area contributed by atoms with E-state index in [2.05, 4.69) is 4.98 Å². The summed E-state index contributed by atoms with van der Waals surface area (Å²) in [5.74, 6) is 0. The summed E-state index contributed by atoms with van der Waals surface area (Å²) in [7, 11) is 0. The van der Waals surface area contributed by atoms with Crippen molar-refractivity contribution in [2.75, 3.05) is 0 Å². The summed E-state index contributed by atoms with van der Waals surface area (Å²) >= 11 is 18.0. The van der Waals surface area contributed by atoms with E-state index < -0.39 is 0 Å². The second kappa shape index (κ2) is 5.23. The van der Waals surface area contributed by atoms with Gasteiger partial charge in [-0.15, -0.1) is 0 Å². The molecular formula is C12H8Cl3NO. The van der Waals surface area contributed by atoms with Gasteiger partial charge in [-0.2, -0.15) is 0 Å². The Morgan fingerprint density at radius 3 is 2.29 bits per heavy atom. The smallest absolute Gasteiger partial charge is 0.130 e. The molecule has 0 fully saturated rings. The van der Waals surface area contributed by atoms with Crippen molar-refractivity contribution in [2.45, 2.75) is 6.61 Å². The van der Waals surface area contributed by atoms with Gasteiger partial charge in [0.1, 0.15) is 5.15 Å². The van der Waals surface area contributed by atoms with Crippen LogP contribution >= 0.6 is 34.8 Å². The lowest BCUT2D eigenvalue weighted by Crippen LogP contribution is -1.91. The van der Waals surface area contributed by atoms with Crippen molar-refractivity contribution < 1.29 is 5.11 Å². The lowest BCUT2D eigenvalue weighted by Gasteiger charge is -2.08. The number of hydrogen-bond donors (Lipinski definition) is 1. The molecule has 0 saturated heterocycles. The van der Waals surface area contributed by atoms with Gasteiger partial charge in [0, 0.05) is 5.56 Å². The van der Waals surface area contributed by atoms with Crippen LogP contribution in [0.2, 0.25) is 15.2 Å². The van der Waals surface area contributed by atoms with Crippen LogP contribution in [0.25, 0.3) is 11.3 Å². The lowest BCUT2D eigenvalue weighted by molar-refractivity contribution is 0.282. The summed E-state index contributed by atoms with van der Waals surface area (Å²) in [4.78, 5) is 4.16. The Morgan fingerprint density at radius 1 is 1.06 bits per heavy atom. The molecule has 17 heavy (non-hydrogen) atoms. The van der Waals surface area contributed by atoms with Gasteiger partial charge in [-0.1, -0.05) is 40.9 Å². The predicted octanol–water partition coefficient (Wildman–Crippen LogP) is 4.20. The second-order valence-electron chi connectivity index (χ2n) is 3.44. The van der Waals surface area contributed by atoms with Gasteiger partial charge >= 0.3 is 0 Å². The summed E-state index contributed by atoms with van der Waals surface area (Å²) in [5, 5.41) is 10.4. The van der Waals surface area contributed by atoms with Gasteiger partial charge in [0.05, 0.1) is 22.3 Å². The number of hydrogen-bond acceptors (Lipinski definition) is 2. The molecule has 2 rings (SSSR count). The molecule has 0 unspecified atom stereocenters. The van der Waals surface area contributed by atoms with Crippen molar-refractivity contribution in [1.29, 1.82) is 0 Å². The van der Waals surface area contributed by atoms with E-state index in [9.17, 15) is 0 Å². The molecule has 0 bridgehead atoms. The molecule has 0 radical (unpaired) electrons. The molecule has 0 aliphatic heterocycles. The maximum Gasteiger partial charge on any atom is 0.130 e. The van der Waals surface area contributed by atoms with Crippen molar-refractivity contribution in [2.24, 2.45) is 0 Å². The van der Waals surface area contributed by atoms with Crippen LogP contribution in [0.5, 0.6) is 0 Å². The highest BCUT2D eigenvalue weighted by Crippen LogP contribution is 2.34. The van der Waals surface area contributed by atoms with E-state index in [1.54, 1.807) is 30.3 Å². The first-order valence-corrected chi connectivity index (χ1v) is 5.97. The fourth-order valence-corrected chi connectivity index (χ4v) is 2.33. The number of pyridine rings is 1. The van der Waals surface area contributed by atoms with E-state index in [-0.39, 0.29) is 6.61 Å². The molecule has 0 saturated carbocycles. The molecule has 2 aromatic rings. The second-order valence-corrected chi connectivity index (χ2v) is 4.64. The van der Waals surface area contributed by atoms with Crippen LogP contribution in [-0.4, -0.2) is 10.1 Å². The van der Waals surface area contributed by atoms with Gasteiger partial charge in [-0.25, -0.2) is 4.98 Å². The molecule has 0 amide bonds. The molecule has 0 atom stereocenters. The summed E-state index contributed by atoms with van der Waals surface area (Å²) in [6.07, 6.45) is 0. The summed E-state index contributed by atoms with van der Waals surface area (Å²) in [6.45, 7) is -0.114. The number of nitrogens with zero attached hydrogens (tertiary/aromatic N) is 1. The maximum atomic E-state index is 9.12. The zero-order valence-corrected chi connectivity index (χ0v) is 10.9. The van der Waals surface area contributed by atoms with Gasteiger partial charge in [0.2, 0.25) is 0 Å². The standard InChI is InChI=1S/C12H8Cl3NO/c13-8-2-1-3-9(14)12(8)10-4-7(6-17)5-11(15)16-10/h1-5,17H,6H2. The maximum absolute atomic E-state index is 9.12. The molecule has 1 N–H and O–H groups in total. The third-order valence-electron chi connectivity index (χ3n) is 2.26. The third-order valence-corrected chi connectivity index (χ3v) is 3.08. The van der Waals surface area contributed by atoms with Gasteiger partial charge in [-0.05, 0) is 29.8 Å². The van der Waals surface area contributed by atoms with Gasteiger partial charge in [0.25, 0.3) is 0 Å². The SMILES string of the molecule is OCc1cc(Cl)nc(-c2c(Cl)cccc2Cl)c1. The number of aliphatic hydroxyl groups excluding tert-OH is 1. The summed E-state index contributed by atoms with van der Waals surface area (Å²) in [5.41, 5.74) is 1.83. The monoisotopic (exact) mass is 287 g/mol. The van der Waals surface area contributed by atoms with Crippen LogP contribution in [0.1, 0.15) is 5.56 Å². The molecule has 0 spiro atoms. The van der Waals surface area contributed by atoms with E-state index in [1.807, 2.05) is 0 Å². The quantitative estimate of drug-likeness (QED) is 0.840. The Kier molecular flexibility index (Phi) is 3.89. The first-order chi connectivity index (χ1) is 8.11. The first kappa shape index (κ1) is 12.7. The largest absolute Gasteiger partial charge is 0.392 e. The molecule has 5 heteroatoms. The molecule has 1 aromatic heterocycles. The highest BCUT2D eigenvalue weighted by Gasteiger charge is 2.11. The fourth-order valence-electron chi connectivity index (χ4n) is 1.51. The Morgan fingerprint density at radius 2 is 1.71 bits per heavy atom. The van der Waals surface area contributed by atoms with Crippen molar-refractivity contribution >= 4 is 34.8 Å². The van der Waals surface area contributed by atoms with Gasteiger partial charge < -0.3 is 5.11 Å². The topological polar surface area (TPSA) is 33.1 Å². The highest BCUT2D eigenvalue weighted by atomic mass is 35.5. The molecule has 1 heterocycles. The normalized spacial score (nSPS) is 10.6. The molecular weight excluding hydrogens is 280 g/mol. The lowest BCUT2D eigenvalue weighted by atomic mass is 10.1. The molecule has 1 aromatic carbocycles. The number of aliphatic hydroxyl groups is 1. The van der Waals surface area contributed by atoms with Gasteiger partial charge in [0.15, 0.2) is 0 Å². The van der Waals surface area contributed by atoms with Crippen molar-refractivity contribution in [3.8, 4) is 11.3 Å². The first-order valence-electron chi connectivity index (χ1n) is 4.83. The van der Waals surface area contributed by atoms with Gasteiger partial charge in [-0.3, -0.25) is 0 Å². The average molecular weight is 289 g/mol. The number of benzene rings is 1. The number of halogens is 3. The van der Waals surface area contributed by atoms with Crippen LogP contribution < -0.4 is 0 Å². The minimum Gasteiger partial charge on any atom is -0.392 e. The van der Waals surface area contributed by atoms with Crippen LogP contribution in [-0.2, 0) is 6.61 Å². The molecule has 88 valence electrons. The van der Waals surface area contributed by atoms with Crippen molar-refractivity contribution in [3.63, 3.8) is 0 Å². The Balaban J connectivity index is 2.64. The van der Waals surface area contributed by atoms with E-state index in [0.29, 0.717) is 32.0 Å². The Bertz CT molecular complexity index is 537. The van der Waals surface area contributed by atoms with E-state index in [4.69, 9.17) is 39.9 Å². The number of aromatic nitrogens is 1. The average Bonchev–Trinajstić information content (AvgIpc) is 2.28. The minimum atomic E-state index is -0.114. The minimum absolute atomic E-state index is 0.114. The molecule has 0 aliphatic rings. The van der Waals surface area contributed by atoms with E-state index >= 15 is 0 Å². The highest BCUT2D eigenvalue weighted by molar-refractivity contribution is 6.39. The fraction of sp³-hybridized carbons (Fsp3) is 0.0833. The predicted molar refractivity (Wildman–Crippen MR) is 70.6 cm³/mol. The van der Waals surface area contributed by atoms with Crippen LogP contribution in [0.4, 0.5) is 0 Å². The summed E-state index contributed by atoms with van der Waals surface area (Å²) < 4.78 is 0. The van der Waals surface area contributed by atoms with Crippen LogP contribution in [0, 0.1) is 0 Å². The van der Waals surface area contributed by atoms with E-state index in [1.165, 1.54) is 0 Å². The van der Waals surface area contributed by atoms with Crippen LogP contribution in [0.3, 0.4) is 0 Å². The molecule has 0 aliphatic carbocycles. The number of rotatable bonds is 2. The Hall–Kier alpha value is -0.800. The zero-order chi connectivity index (χ0) is 12.4. The van der Waals surface area contributed by atoms with E-state index in [0.717, 1.165) is 0 Å². The zero-order valence-electron chi connectivity index (χ0n) is 8.62. The third kappa shape index (κ3) is 2.72. The Labute approximate surface area is 114 Å².